The van der Waals surface area contributed by atoms with E-state index in [0.29, 0.717) is 21.5 Å². The van der Waals surface area contributed by atoms with Gasteiger partial charge in [-0.25, -0.2) is 5.43 Å². The molecule has 1 N–H and O–H groups in total. The summed E-state index contributed by atoms with van der Waals surface area (Å²) >= 11 is 11.7. The maximum Gasteiger partial charge on any atom is 0.271 e. The van der Waals surface area contributed by atoms with Crippen LogP contribution in [0.1, 0.15) is 36.0 Å². The molecular formula is C14H14Cl2N2O. The Hall–Kier alpha value is -1.06. The van der Waals surface area contributed by atoms with E-state index in [9.17, 15) is 4.79 Å². The van der Waals surface area contributed by atoms with Gasteiger partial charge in [0.25, 0.3) is 5.91 Å². The Labute approximate surface area is 122 Å². The largest absolute Gasteiger partial charge is 0.271 e. The molecule has 0 aliphatic heterocycles. The first-order valence-corrected chi connectivity index (χ1v) is 7.21. The Bertz CT molecular complexity index is 556. The van der Waals surface area contributed by atoms with Crippen LogP contribution in [0.25, 0.3) is 0 Å². The third-order valence-electron chi connectivity index (χ3n) is 3.99. The van der Waals surface area contributed by atoms with Crippen LogP contribution in [0.2, 0.25) is 10.0 Å². The average Bonchev–Trinajstić information content (AvgIpc) is 3.01. The molecule has 3 rings (SSSR count). The van der Waals surface area contributed by atoms with Gasteiger partial charge >= 0.3 is 0 Å². The summed E-state index contributed by atoms with van der Waals surface area (Å²) in [5.74, 6) is 1.12. The second-order valence-electron chi connectivity index (χ2n) is 5.25. The molecule has 1 amide bonds. The van der Waals surface area contributed by atoms with Crippen molar-refractivity contribution >= 4 is 34.8 Å². The fraction of sp³-hybridized carbons (Fsp3) is 0.429. The van der Waals surface area contributed by atoms with E-state index >= 15 is 0 Å². The first-order valence-electron chi connectivity index (χ1n) is 6.45. The number of benzene rings is 1. The third-order valence-corrected chi connectivity index (χ3v) is 4.73. The van der Waals surface area contributed by atoms with E-state index in [1.165, 1.54) is 19.3 Å². The summed E-state index contributed by atoms with van der Waals surface area (Å²) in [4.78, 5) is 12.0. The van der Waals surface area contributed by atoms with Gasteiger partial charge in [-0.15, -0.1) is 0 Å². The molecule has 2 saturated carbocycles. The number of nitrogens with one attached hydrogen (secondary N) is 1. The van der Waals surface area contributed by atoms with E-state index in [0.717, 1.165) is 18.1 Å². The van der Waals surface area contributed by atoms with Crippen LogP contribution in [-0.4, -0.2) is 11.6 Å². The molecule has 0 radical (unpaired) electrons. The Balaban J connectivity index is 1.68. The monoisotopic (exact) mass is 296 g/mol. The molecule has 5 heteroatoms. The number of hydrazone groups is 1. The summed E-state index contributed by atoms with van der Waals surface area (Å²) in [5.41, 5.74) is 4.24. The number of halogens is 2. The van der Waals surface area contributed by atoms with Crippen LogP contribution in [0.15, 0.2) is 23.3 Å². The second-order valence-corrected chi connectivity index (χ2v) is 6.07. The molecule has 19 heavy (non-hydrogen) atoms. The summed E-state index contributed by atoms with van der Waals surface area (Å²) in [6, 6.07) is 4.81. The van der Waals surface area contributed by atoms with Gasteiger partial charge in [-0.2, -0.15) is 5.10 Å². The zero-order valence-electron chi connectivity index (χ0n) is 10.3. The fourth-order valence-electron chi connectivity index (χ4n) is 2.99. The molecule has 0 saturated heterocycles. The summed E-state index contributed by atoms with van der Waals surface area (Å²) in [6.45, 7) is 0. The Morgan fingerprint density at radius 2 is 2.11 bits per heavy atom. The van der Waals surface area contributed by atoms with Gasteiger partial charge in [0.05, 0.1) is 10.0 Å². The highest BCUT2D eigenvalue weighted by molar-refractivity contribution is 6.42. The highest BCUT2D eigenvalue weighted by atomic mass is 35.5. The highest BCUT2D eigenvalue weighted by Crippen LogP contribution is 2.42. The lowest BCUT2D eigenvalue weighted by molar-refractivity contribution is 0.0954. The molecular weight excluding hydrogens is 283 g/mol. The van der Waals surface area contributed by atoms with Gasteiger partial charge in [-0.1, -0.05) is 23.2 Å². The fourth-order valence-corrected chi connectivity index (χ4v) is 3.28. The van der Waals surface area contributed by atoms with Crippen molar-refractivity contribution in [2.45, 2.75) is 25.7 Å². The summed E-state index contributed by atoms with van der Waals surface area (Å²) in [7, 11) is 0. The van der Waals surface area contributed by atoms with E-state index in [1.54, 1.807) is 18.2 Å². The number of amides is 1. The van der Waals surface area contributed by atoms with Crippen LogP contribution in [0.5, 0.6) is 0 Å². The number of fused-ring (bicyclic) bond motifs is 2. The molecule has 3 nitrogen and oxygen atoms in total. The Morgan fingerprint density at radius 3 is 2.74 bits per heavy atom. The van der Waals surface area contributed by atoms with Gasteiger partial charge in [-0.3, -0.25) is 4.79 Å². The van der Waals surface area contributed by atoms with Crippen molar-refractivity contribution in [3.8, 4) is 0 Å². The second kappa shape index (κ2) is 5.14. The highest BCUT2D eigenvalue weighted by Gasteiger charge is 2.36. The maximum atomic E-state index is 12.0. The quantitative estimate of drug-likeness (QED) is 0.826. The predicted molar refractivity (Wildman–Crippen MR) is 76.8 cm³/mol. The first-order chi connectivity index (χ1) is 9.13. The van der Waals surface area contributed by atoms with Gasteiger partial charge in [0.15, 0.2) is 0 Å². The molecule has 2 atom stereocenters. The van der Waals surface area contributed by atoms with Crippen LogP contribution in [0.3, 0.4) is 0 Å². The van der Waals surface area contributed by atoms with Crippen LogP contribution >= 0.6 is 23.2 Å². The zero-order valence-corrected chi connectivity index (χ0v) is 11.8. The minimum atomic E-state index is -0.242. The van der Waals surface area contributed by atoms with Crippen molar-refractivity contribution in [1.82, 2.24) is 5.43 Å². The van der Waals surface area contributed by atoms with Gasteiger partial charge in [0.1, 0.15) is 0 Å². The maximum absolute atomic E-state index is 12.0. The van der Waals surface area contributed by atoms with E-state index < -0.39 is 0 Å². The van der Waals surface area contributed by atoms with Gasteiger partial charge in [0, 0.05) is 11.3 Å². The lowest BCUT2D eigenvalue weighted by Gasteiger charge is -2.11. The third kappa shape index (κ3) is 2.63. The average molecular weight is 297 g/mol. The van der Waals surface area contributed by atoms with Crippen molar-refractivity contribution < 1.29 is 4.79 Å². The van der Waals surface area contributed by atoms with Crippen molar-refractivity contribution in [3.05, 3.63) is 33.8 Å². The summed E-state index contributed by atoms with van der Waals surface area (Å²) < 4.78 is 0. The van der Waals surface area contributed by atoms with Gasteiger partial charge < -0.3 is 0 Å². The number of hydrogen-bond donors (Lipinski definition) is 1. The van der Waals surface area contributed by atoms with Crippen molar-refractivity contribution in [3.63, 3.8) is 0 Å². The minimum Gasteiger partial charge on any atom is -0.267 e. The van der Waals surface area contributed by atoms with Gasteiger partial charge in [-0.05, 0) is 55.7 Å². The Kier molecular flexibility index (Phi) is 3.50. The SMILES string of the molecule is O=C(NN=C1CC2CCC1C2)c1ccc(Cl)c(Cl)c1. The normalized spacial score (nSPS) is 26.9. The van der Waals surface area contributed by atoms with Crippen molar-refractivity contribution in [1.29, 1.82) is 0 Å². The minimum absolute atomic E-state index is 0.242. The van der Waals surface area contributed by atoms with Crippen LogP contribution in [-0.2, 0) is 0 Å². The molecule has 2 fully saturated rings. The molecule has 2 unspecified atom stereocenters. The zero-order chi connectivity index (χ0) is 13.4. The molecule has 1 aromatic carbocycles. The molecule has 1 aromatic rings. The molecule has 2 aliphatic carbocycles. The molecule has 0 heterocycles. The number of rotatable bonds is 2. The molecule has 100 valence electrons. The lowest BCUT2D eigenvalue weighted by Crippen LogP contribution is -2.21. The van der Waals surface area contributed by atoms with E-state index in [2.05, 4.69) is 10.5 Å². The smallest absolute Gasteiger partial charge is 0.267 e. The number of hydrogen-bond acceptors (Lipinski definition) is 2. The number of carbonyl (C=O) groups excluding carboxylic acids is 1. The van der Waals surface area contributed by atoms with Crippen LogP contribution in [0.4, 0.5) is 0 Å². The molecule has 0 spiro atoms. The topological polar surface area (TPSA) is 41.5 Å². The predicted octanol–water partition coefficient (Wildman–Crippen LogP) is 3.90. The first kappa shape index (κ1) is 12.9. The van der Waals surface area contributed by atoms with E-state index in [-0.39, 0.29) is 5.91 Å². The molecule has 0 aromatic heterocycles. The standard InChI is InChI=1S/C14H14Cl2N2O/c15-11-4-3-10(7-12(11)16)14(19)18-17-13-6-8-1-2-9(13)5-8/h3-4,7-9H,1-2,5-6H2,(H,18,19). The van der Waals surface area contributed by atoms with Crippen molar-refractivity contribution in [2.24, 2.45) is 16.9 Å². The van der Waals surface area contributed by atoms with Crippen LogP contribution in [0, 0.1) is 11.8 Å². The molecule has 2 aliphatic rings. The summed E-state index contributed by atoms with van der Waals surface area (Å²) in [5, 5.41) is 5.09. The Morgan fingerprint density at radius 1 is 1.26 bits per heavy atom. The van der Waals surface area contributed by atoms with E-state index in [4.69, 9.17) is 23.2 Å². The lowest BCUT2D eigenvalue weighted by atomic mass is 9.99. The van der Waals surface area contributed by atoms with E-state index in [1.807, 2.05) is 0 Å². The summed E-state index contributed by atoms with van der Waals surface area (Å²) in [6.07, 6.45) is 4.80. The van der Waals surface area contributed by atoms with Gasteiger partial charge in [0.2, 0.25) is 0 Å². The molecule has 2 bridgehead atoms. The number of carbonyl (C=O) groups is 1. The van der Waals surface area contributed by atoms with Crippen molar-refractivity contribution in [2.75, 3.05) is 0 Å². The van der Waals surface area contributed by atoms with Crippen LogP contribution < -0.4 is 5.43 Å². The number of nitrogens with zero attached hydrogens (tertiary/aromatic N) is 1.